The molecule has 0 aromatic carbocycles. The van der Waals surface area contributed by atoms with Crippen LogP contribution in [0.2, 0.25) is 0 Å². The average molecular weight is 264 g/mol. The molecule has 110 valence electrons. The molecule has 1 atom stereocenters. The van der Waals surface area contributed by atoms with Crippen LogP contribution in [0.3, 0.4) is 0 Å². The molecule has 2 aliphatic rings. The van der Waals surface area contributed by atoms with E-state index in [1.54, 1.807) is 0 Å². The fourth-order valence-electron chi connectivity index (χ4n) is 3.88. The zero-order chi connectivity index (χ0) is 13.7. The van der Waals surface area contributed by atoms with Crippen molar-refractivity contribution in [3.8, 4) is 0 Å². The largest absolute Gasteiger partial charge is 0.308 e. The smallest absolute Gasteiger partial charge is 0.0309 e. The van der Waals surface area contributed by atoms with E-state index < -0.39 is 0 Å². The summed E-state index contributed by atoms with van der Waals surface area (Å²) in [6.45, 7) is 10.6. The van der Waals surface area contributed by atoms with Gasteiger partial charge >= 0.3 is 0 Å². The Balaban J connectivity index is 1.99. The van der Waals surface area contributed by atoms with Gasteiger partial charge in [-0.05, 0) is 32.1 Å². The molecule has 1 unspecified atom stereocenters. The third-order valence-corrected chi connectivity index (χ3v) is 5.06. The van der Waals surface area contributed by atoms with Crippen molar-refractivity contribution in [3.63, 3.8) is 0 Å². The van der Waals surface area contributed by atoms with Gasteiger partial charge in [-0.1, -0.05) is 45.3 Å². The van der Waals surface area contributed by atoms with Crippen LogP contribution in [-0.4, -0.2) is 36.1 Å². The summed E-state index contributed by atoms with van der Waals surface area (Å²) in [6, 6.07) is 0.720. The molecule has 0 aromatic heterocycles. The number of piperazine rings is 1. The molecule has 1 aliphatic heterocycles. The first-order valence-corrected chi connectivity index (χ1v) is 8.27. The van der Waals surface area contributed by atoms with E-state index >= 15 is 0 Å². The molecular formula is C17H32N2. The molecule has 19 heavy (non-hydrogen) atoms. The van der Waals surface area contributed by atoms with Crippen molar-refractivity contribution in [2.24, 2.45) is 5.92 Å². The van der Waals surface area contributed by atoms with E-state index in [0.717, 1.165) is 12.0 Å². The van der Waals surface area contributed by atoms with E-state index in [-0.39, 0.29) is 0 Å². The van der Waals surface area contributed by atoms with Crippen molar-refractivity contribution in [1.82, 2.24) is 10.2 Å². The van der Waals surface area contributed by atoms with E-state index in [2.05, 4.69) is 43.1 Å². The Kier molecular flexibility index (Phi) is 5.47. The second-order valence-electron chi connectivity index (χ2n) is 6.86. The first-order valence-electron chi connectivity index (χ1n) is 8.27. The normalized spacial score (nSPS) is 28.5. The van der Waals surface area contributed by atoms with Crippen LogP contribution in [0.1, 0.15) is 59.3 Å². The molecule has 2 nitrogen and oxygen atoms in total. The van der Waals surface area contributed by atoms with E-state index in [4.69, 9.17) is 0 Å². The molecule has 0 bridgehead atoms. The molecule has 2 heteroatoms. The fourth-order valence-corrected chi connectivity index (χ4v) is 3.88. The lowest BCUT2D eigenvalue weighted by Crippen LogP contribution is -2.65. The highest BCUT2D eigenvalue weighted by Crippen LogP contribution is 2.33. The third-order valence-electron chi connectivity index (χ3n) is 5.06. The standard InChI is InChI=1S/C17H32N2/c1-4-5-9-12-19-14-17(10-7-6-8-11-17)18-13-16(19)15(2)3/h4-5,15-16,18H,6-14H2,1-3H3/b5-4+. The summed E-state index contributed by atoms with van der Waals surface area (Å²) < 4.78 is 0. The van der Waals surface area contributed by atoms with Crippen molar-refractivity contribution < 1.29 is 0 Å². The summed E-state index contributed by atoms with van der Waals surface area (Å²) >= 11 is 0. The van der Waals surface area contributed by atoms with Gasteiger partial charge in [-0.15, -0.1) is 0 Å². The second-order valence-corrected chi connectivity index (χ2v) is 6.86. The number of hydrogen-bond acceptors (Lipinski definition) is 2. The van der Waals surface area contributed by atoms with E-state index in [1.165, 1.54) is 58.2 Å². The average Bonchev–Trinajstić information content (AvgIpc) is 2.40. The van der Waals surface area contributed by atoms with E-state index in [1.807, 2.05) is 0 Å². The summed E-state index contributed by atoms with van der Waals surface area (Å²) in [5.41, 5.74) is 0.444. The van der Waals surface area contributed by atoms with Gasteiger partial charge in [-0.3, -0.25) is 4.90 Å². The van der Waals surface area contributed by atoms with Crippen LogP contribution in [0.15, 0.2) is 12.2 Å². The van der Waals surface area contributed by atoms with Gasteiger partial charge in [0.2, 0.25) is 0 Å². The first-order chi connectivity index (χ1) is 9.17. The van der Waals surface area contributed by atoms with Crippen molar-refractivity contribution >= 4 is 0 Å². The molecule has 1 saturated carbocycles. The predicted octanol–water partition coefficient (Wildman–Crippen LogP) is 3.59. The van der Waals surface area contributed by atoms with Crippen LogP contribution in [0.5, 0.6) is 0 Å². The van der Waals surface area contributed by atoms with Gasteiger partial charge in [0.15, 0.2) is 0 Å². The van der Waals surface area contributed by atoms with Gasteiger partial charge < -0.3 is 5.32 Å². The fraction of sp³-hybridized carbons (Fsp3) is 0.882. The van der Waals surface area contributed by atoms with Crippen LogP contribution in [0.25, 0.3) is 0 Å². The number of allylic oxidation sites excluding steroid dienone is 1. The van der Waals surface area contributed by atoms with Gasteiger partial charge in [0, 0.05) is 31.2 Å². The Morgan fingerprint density at radius 1 is 1.26 bits per heavy atom. The summed E-state index contributed by atoms with van der Waals surface area (Å²) in [5.74, 6) is 0.749. The predicted molar refractivity (Wildman–Crippen MR) is 83.4 cm³/mol. The maximum Gasteiger partial charge on any atom is 0.0309 e. The molecule has 1 N–H and O–H groups in total. The van der Waals surface area contributed by atoms with Crippen molar-refractivity contribution in [1.29, 1.82) is 0 Å². The van der Waals surface area contributed by atoms with E-state index in [9.17, 15) is 0 Å². The lowest BCUT2D eigenvalue weighted by molar-refractivity contribution is 0.0378. The highest BCUT2D eigenvalue weighted by atomic mass is 15.3. The maximum atomic E-state index is 3.93. The monoisotopic (exact) mass is 264 g/mol. The Bertz CT molecular complexity index is 290. The topological polar surface area (TPSA) is 15.3 Å². The minimum Gasteiger partial charge on any atom is -0.308 e. The molecular weight excluding hydrogens is 232 g/mol. The van der Waals surface area contributed by atoms with Gasteiger partial charge in [-0.2, -0.15) is 0 Å². The number of nitrogens with one attached hydrogen (secondary N) is 1. The lowest BCUT2D eigenvalue weighted by atomic mass is 9.78. The highest BCUT2D eigenvalue weighted by Gasteiger charge is 2.40. The van der Waals surface area contributed by atoms with Crippen molar-refractivity contribution in [2.75, 3.05) is 19.6 Å². The minimum absolute atomic E-state index is 0.444. The SMILES string of the molecule is C/C=C/CCN1CC2(CCCCC2)NCC1C(C)C. The highest BCUT2D eigenvalue weighted by molar-refractivity contribution is 5.00. The van der Waals surface area contributed by atoms with Crippen LogP contribution >= 0.6 is 0 Å². The Labute approximate surface area is 119 Å². The number of nitrogens with zero attached hydrogens (tertiary/aromatic N) is 1. The number of rotatable bonds is 4. The molecule has 1 spiro atoms. The summed E-state index contributed by atoms with van der Waals surface area (Å²) in [6.07, 6.45) is 12.8. The van der Waals surface area contributed by atoms with Crippen molar-refractivity contribution in [3.05, 3.63) is 12.2 Å². The lowest BCUT2D eigenvalue weighted by Gasteiger charge is -2.51. The van der Waals surface area contributed by atoms with Crippen LogP contribution < -0.4 is 5.32 Å². The van der Waals surface area contributed by atoms with Crippen LogP contribution in [-0.2, 0) is 0 Å². The molecule has 2 rings (SSSR count). The molecule has 1 saturated heterocycles. The zero-order valence-electron chi connectivity index (χ0n) is 13.1. The van der Waals surface area contributed by atoms with Crippen molar-refractivity contribution in [2.45, 2.75) is 70.9 Å². The molecule has 1 aliphatic carbocycles. The van der Waals surface area contributed by atoms with E-state index in [0.29, 0.717) is 5.54 Å². The molecule has 0 radical (unpaired) electrons. The van der Waals surface area contributed by atoms with Gasteiger partial charge in [0.05, 0.1) is 0 Å². The molecule has 0 amide bonds. The Hall–Kier alpha value is -0.340. The van der Waals surface area contributed by atoms with Gasteiger partial charge in [-0.25, -0.2) is 0 Å². The Morgan fingerprint density at radius 2 is 2.00 bits per heavy atom. The second kappa shape index (κ2) is 6.90. The quantitative estimate of drug-likeness (QED) is 0.781. The minimum atomic E-state index is 0.444. The molecule has 1 heterocycles. The molecule has 0 aromatic rings. The summed E-state index contributed by atoms with van der Waals surface area (Å²) in [4.78, 5) is 2.77. The van der Waals surface area contributed by atoms with Gasteiger partial charge in [0.1, 0.15) is 0 Å². The summed E-state index contributed by atoms with van der Waals surface area (Å²) in [5, 5.41) is 3.93. The zero-order valence-corrected chi connectivity index (χ0v) is 13.1. The molecule has 2 fully saturated rings. The third kappa shape index (κ3) is 3.82. The van der Waals surface area contributed by atoms with Gasteiger partial charge in [0.25, 0.3) is 0 Å². The number of hydrogen-bond donors (Lipinski definition) is 1. The Morgan fingerprint density at radius 3 is 2.63 bits per heavy atom. The first kappa shape index (κ1) is 15.1. The maximum absolute atomic E-state index is 3.93. The van der Waals surface area contributed by atoms with Crippen LogP contribution in [0.4, 0.5) is 0 Å². The summed E-state index contributed by atoms with van der Waals surface area (Å²) in [7, 11) is 0. The van der Waals surface area contributed by atoms with Crippen LogP contribution in [0, 0.1) is 5.92 Å².